The number of halogens is 1. The Morgan fingerprint density at radius 1 is 0.909 bits per heavy atom. The zero-order valence-corrected chi connectivity index (χ0v) is 19.8. The molecule has 0 atom stereocenters. The van der Waals surface area contributed by atoms with Gasteiger partial charge in [-0.2, -0.15) is 0 Å². The van der Waals surface area contributed by atoms with E-state index in [9.17, 15) is 13.2 Å². The molecule has 0 aliphatic carbocycles. The summed E-state index contributed by atoms with van der Waals surface area (Å²) in [6, 6.07) is 19.3. The third-order valence-electron chi connectivity index (χ3n) is 4.28. The van der Waals surface area contributed by atoms with Crippen molar-refractivity contribution < 1.29 is 22.7 Å². The standard InChI is InChI=1S/C24H25ClN2O5S/c1-17(2)15-31-21-6-4-7-22(14-21)32-16-24(28)26-20-5-3-8-23(13-20)33(29,30)27-19-11-9-18(25)10-12-19/h3-14,17,27H,15-16H2,1-2H3,(H,26,28). The minimum Gasteiger partial charge on any atom is -0.493 e. The van der Waals surface area contributed by atoms with E-state index in [1.54, 1.807) is 54.6 Å². The Labute approximate surface area is 198 Å². The monoisotopic (exact) mass is 488 g/mol. The lowest BCUT2D eigenvalue weighted by atomic mass is 10.2. The SMILES string of the molecule is CC(C)COc1cccc(OCC(=O)Nc2cccc(S(=O)(=O)Nc3ccc(Cl)cc3)c2)c1. The van der Waals surface area contributed by atoms with E-state index in [1.807, 2.05) is 6.07 Å². The zero-order chi connectivity index (χ0) is 23.8. The van der Waals surface area contributed by atoms with E-state index in [0.717, 1.165) is 0 Å². The molecule has 0 bridgehead atoms. The molecular weight excluding hydrogens is 464 g/mol. The first-order valence-corrected chi connectivity index (χ1v) is 12.1. The highest BCUT2D eigenvalue weighted by atomic mass is 35.5. The second-order valence-corrected chi connectivity index (χ2v) is 9.78. The number of sulfonamides is 1. The number of rotatable bonds is 10. The summed E-state index contributed by atoms with van der Waals surface area (Å²) in [5.74, 6) is 1.12. The van der Waals surface area contributed by atoms with Crippen LogP contribution in [-0.2, 0) is 14.8 Å². The molecule has 0 unspecified atom stereocenters. The fourth-order valence-corrected chi connectivity index (χ4v) is 3.97. The molecule has 0 saturated carbocycles. The van der Waals surface area contributed by atoms with Crippen LogP contribution in [0.15, 0.2) is 77.7 Å². The van der Waals surface area contributed by atoms with Crippen LogP contribution in [0, 0.1) is 5.92 Å². The quantitative estimate of drug-likeness (QED) is 0.409. The van der Waals surface area contributed by atoms with Crippen molar-refractivity contribution in [2.45, 2.75) is 18.7 Å². The molecule has 9 heteroatoms. The normalized spacial score (nSPS) is 11.2. The lowest BCUT2D eigenvalue weighted by Gasteiger charge is -2.12. The summed E-state index contributed by atoms with van der Waals surface area (Å²) < 4.78 is 39.0. The molecule has 1 amide bonds. The van der Waals surface area contributed by atoms with Crippen molar-refractivity contribution in [1.82, 2.24) is 0 Å². The second kappa shape index (κ2) is 11.1. The van der Waals surface area contributed by atoms with Gasteiger partial charge in [0, 0.05) is 22.5 Å². The number of anilines is 2. The van der Waals surface area contributed by atoms with Gasteiger partial charge in [-0.1, -0.05) is 37.6 Å². The van der Waals surface area contributed by atoms with Crippen LogP contribution in [0.25, 0.3) is 0 Å². The lowest BCUT2D eigenvalue weighted by molar-refractivity contribution is -0.118. The number of amides is 1. The van der Waals surface area contributed by atoms with Crippen LogP contribution in [0.2, 0.25) is 5.02 Å². The third-order valence-corrected chi connectivity index (χ3v) is 5.91. The fraction of sp³-hybridized carbons (Fsp3) is 0.208. The minimum atomic E-state index is -3.85. The summed E-state index contributed by atoms with van der Waals surface area (Å²) in [7, 11) is -3.85. The highest BCUT2D eigenvalue weighted by Gasteiger charge is 2.15. The fourth-order valence-electron chi connectivity index (χ4n) is 2.74. The Bertz CT molecular complexity index is 1200. The summed E-state index contributed by atoms with van der Waals surface area (Å²) in [5, 5.41) is 3.15. The van der Waals surface area contributed by atoms with Crippen molar-refractivity contribution in [3.05, 3.63) is 77.8 Å². The molecule has 0 aliphatic heterocycles. The number of ether oxygens (including phenoxy) is 2. The van der Waals surface area contributed by atoms with Crippen LogP contribution in [0.5, 0.6) is 11.5 Å². The molecule has 0 spiro atoms. The molecule has 3 rings (SSSR count). The molecular formula is C24H25ClN2O5S. The van der Waals surface area contributed by atoms with Gasteiger partial charge in [-0.25, -0.2) is 8.42 Å². The van der Waals surface area contributed by atoms with Gasteiger partial charge in [0.1, 0.15) is 11.5 Å². The van der Waals surface area contributed by atoms with Gasteiger partial charge in [0.2, 0.25) is 0 Å². The van der Waals surface area contributed by atoms with E-state index in [4.69, 9.17) is 21.1 Å². The summed E-state index contributed by atoms with van der Waals surface area (Å²) >= 11 is 5.83. The Hall–Kier alpha value is -3.23. The van der Waals surface area contributed by atoms with E-state index in [2.05, 4.69) is 23.9 Å². The molecule has 0 saturated heterocycles. The highest BCUT2D eigenvalue weighted by molar-refractivity contribution is 7.92. The van der Waals surface area contributed by atoms with Gasteiger partial charge in [0.25, 0.3) is 15.9 Å². The number of nitrogens with one attached hydrogen (secondary N) is 2. The van der Waals surface area contributed by atoms with E-state index in [1.165, 1.54) is 12.1 Å². The Balaban J connectivity index is 1.59. The summed E-state index contributed by atoms with van der Waals surface area (Å²) in [4.78, 5) is 12.3. The highest BCUT2D eigenvalue weighted by Crippen LogP contribution is 2.22. The van der Waals surface area contributed by atoms with Crippen molar-refractivity contribution in [2.24, 2.45) is 5.92 Å². The summed E-state index contributed by atoms with van der Waals surface area (Å²) in [6.07, 6.45) is 0. The summed E-state index contributed by atoms with van der Waals surface area (Å²) in [6.45, 7) is 4.45. The van der Waals surface area contributed by atoms with Gasteiger partial charge in [0.15, 0.2) is 6.61 Å². The van der Waals surface area contributed by atoms with Crippen LogP contribution < -0.4 is 19.5 Å². The van der Waals surface area contributed by atoms with Crippen LogP contribution in [0.1, 0.15) is 13.8 Å². The zero-order valence-electron chi connectivity index (χ0n) is 18.2. The molecule has 0 aliphatic rings. The van der Waals surface area contributed by atoms with E-state index >= 15 is 0 Å². The molecule has 174 valence electrons. The van der Waals surface area contributed by atoms with Crippen molar-refractivity contribution in [2.75, 3.05) is 23.3 Å². The van der Waals surface area contributed by atoms with Crippen molar-refractivity contribution >= 4 is 38.9 Å². The first-order chi connectivity index (χ1) is 15.7. The predicted molar refractivity (Wildman–Crippen MR) is 130 cm³/mol. The molecule has 0 aromatic heterocycles. The van der Waals surface area contributed by atoms with Gasteiger partial charge in [-0.05, 0) is 60.5 Å². The number of hydrogen-bond donors (Lipinski definition) is 2. The number of carbonyl (C=O) groups is 1. The maximum atomic E-state index is 12.7. The molecule has 0 radical (unpaired) electrons. The van der Waals surface area contributed by atoms with Crippen LogP contribution in [-0.4, -0.2) is 27.5 Å². The second-order valence-electron chi connectivity index (χ2n) is 7.66. The van der Waals surface area contributed by atoms with E-state index in [-0.39, 0.29) is 11.5 Å². The first kappa shape index (κ1) is 24.4. The minimum absolute atomic E-state index is 0.00571. The molecule has 33 heavy (non-hydrogen) atoms. The van der Waals surface area contributed by atoms with Gasteiger partial charge in [0.05, 0.1) is 11.5 Å². The van der Waals surface area contributed by atoms with Crippen LogP contribution >= 0.6 is 11.6 Å². The average molecular weight is 489 g/mol. The summed E-state index contributed by atoms with van der Waals surface area (Å²) in [5.41, 5.74) is 0.707. The third kappa shape index (κ3) is 7.69. The maximum absolute atomic E-state index is 12.7. The number of hydrogen-bond acceptors (Lipinski definition) is 5. The smallest absolute Gasteiger partial charge is 0.262 e. The molecule has 2 N–H and O–H groups in total. The Morgan fingerprint density at radius 3 is 2.27 bits per heavy atom. The van der Waals surface area contributed by atoms with Gasteiger partial charge < -0.3 is 14.8 Å². The lowest BCUT2D eigenvalue weighted by Crippen LogP contribution is -2.20. The molecule has 3 aromatic carbocycles. The van der Waals surface area contributed by atoms with Crippen molar-refractivity contribution in [1.29, 1.82) is 0 Å². The Kier molecular flexibility index (Phi) is 8.19. The molecule has 3 aromatic rings. The van der Waals surface area contributed by atoms with Crippen LogP contribution in [0.3, 0.4) is 0 Å². The van der Waals surface area contributed by atoms with E-state index in [0.29, 0.717) is 40.4 Å². The van der Waals surface area contributed by atoms with Gasteiger partial charge >= 0.3 is 0 Å². The van der Waals surface area contributed by atoms with Crippen molar-refractivity contribution in [3.63, 3.8) is 0 Å². The van der Waals surface area contributed by atoms with Gasteiger partial charge in [-0.15, -0.1) is 0 Å². The molecule has 7 nitrogen and oxygen atoms in total. The number of carbonyl (C=O) groups excluding carboxylic acids is 1. The van der Waals surface area contributed by atoms with Gasteiger partial charge in [-0.3, -0.25) is 9.52 Å². The average Bonchev–Trinajstić information content (AvgIpc) is 2.78. The topological polar surface area (TPSA) is 93.7 Å². The molecule has 0 fully saturated rings. The Morgan fingerprint density at radius 2 is 1.58 bits per heavy atom. The van der Waals surface area contributed by atoms with Crippen LogP contribution in [0.4, 0.5) is 11.4 Å². The predicted octanol–water partition coefficient (Wildman–Crippen LogP) is 5.19. The number of benzene rings is 3. The van der Waals surface area contributed by atoms with E-state index < -0.39 is 15.9 Å². The molecule has 0 heterocycles. The largest absolute Gasteiger partial charge is 0.493 e. The maximum Gasteiger partial charge on any atom is 0.262 e. The first-order valence-electron chi connectivity index (χ1n) is 10.3. The van der Waals surface area contributed by atoms with Crippen molar-refractivity contribution in [3.8, 4) is 11.5 Å².